The van der Waals surface area contributed by atoms with Gasteiger partial charge in [0.15, 0.2) is 5.76 Å². The molecule has 7 nitrogen and oxygen atoms in total. The zero-order chi connectivity index (χ0) is 18.6. The van der Waals surface area contributed by atoms with Crippen molar-refractivity contribution in [3.8, 4) is 0 Å². The minimum atomic E-state index is -0.329. The fraction of sp³-hybridized carbons (Fsp3) is 0.400. The zero-order valence-electron chi connectivity index (χ0n) is 15.0. The largest absolute Gasteiger partial charge is 0.459 e. The Balaban J connectivity index is 1.39. The van der Waals surface area contributed by atoms with Crippen LogP contribution in [0.3, 0.4) is 0 Å². The number of amides is 3. The molecule has 0 radical (unpaired) electrons. The summed E-state index contributed by atoms with van der Waals surface area (Å²) in [6.07, 6.45) is 4.57. The fourth-order valence-electron chi connectivity index (χ4n) is 3.26. The van der Waals surface area contributed by atoms with Gasteiger partial charge >= 0.3 is 6.03 Å². The normalized spacial score (nSPS) is 18.9. The van der Waals surface area contributed by atoms with E-state index in [4.69, 9.17) is 9.15 Å². The van der Waals surface area contributed by atoms with Crippen molar-refractivity contribution in [2.75, 3.05) is 30.4 Å². The SMILES string of the molecule is O=C(Nc1cccc(NC(=O)N(C[C@H]2CCOC2)C2CC2)c1)c1ccco1. The quantitative estimate of drug-likeness (QED) is 0.815. The minimum Gasteiger partial charge on any atom is -0.459 e. The Kier molecular flexibility index (Phi) is 5.11. The first-order valence-electron chi connectivity index (χ1n) is 9.29. The Labute approximate surface area is 157 Å². The highest BCUT2D eigenvalue weighted by Gasteiger charge is 2.34. The maximum absolute atomic E-state index is 12.8. The number of furan rings is 1. The Morgan fingerprint density at radius 1 is 1.07 bits per heavy atom. The third kappa shape index (κ3) is 4.49. The summed E-state index contributed by atoms with van der Waals surface area (Å²) in [5, 5.41) is 5.72. The van der Waals surface area contributed by atoms with Gasteiger partial charge in [-0.2, -0.15) is 0 Å². The lowest BCUT2D eigenvalue weighted by atomic mass is 10.1. The van der Waals surface area contributed by atoms with Crippen LogP contribution in [0.15, 0.2) is 47.1 Å². The summed E-state index contributed by atoms with van der Waals surface area (Å²) in [4.78, 5) is 26.8. The van der Waals surface area contributed by atoms with Crippen LogP contribution in [0.2, 0.25) is 0 Å². The molecule has 1 aromatic heterocycles. The third-order valence-electron chi connectivity index (χ3n) is 4.84. The number of nitrogens with one attached hydrogen (secondary N) is 2. The smallest absolute Gasteiger partial charge is 0.322 e. The number of urea groups is 1. The van der Waals surface area contributed by atoms with Gasteiger partial charge in [0, 0.05) is 36.5 Å². The van der Waals surface area contributed by atoms with Crippen LogP contribution in [0.4, 0.5) is 16.2 Å². The molecule has 2 fully saturated rings. The maximum Gasteiger partial charge on any atom is 0.322 e. The molecule has 0 bridgehead atoms. The third-order valence-corrected chi connectivity index (χ3v) is 4.84. The van der Waals surface area contributed by atoms with Crippen molar-refractivity contribution in [2.45, 2.75) is 25.3 Å². The highest BCUT2D eigenvalue weighted by Crippen LogP contribution is 2.30. The van der Waals surface area contributed by atoms with Gasteiger partial charge in [-0.1, -0.05) is 6.07 Å². The van der Waals surface area contributed by atoms with E-state index in [0.29, 0.717) is 23.3 Å². The summed E-state index contributed by atoms with van der Waals surface area (Å²) >= 11 is 0. The molecular formula is C20H23N3O4. The fourth-order valence-corrected chi connectivity index (χ4v) is 3.26. The highest BCUT2D eigenvalue weighted by atomic mass is 16.5. The molecule has 1 saturated heterocycles. The number of benzene rings is 1. The molecule has 1 aromatic carbocycles. The Bertz CT molecular complexity index is 795. The number of anilines is 2. The molecule has 2 N–H and O–H groups in total. The number of carbonyl (C=O) groups is 2. The lowest BCUT2D eigenvalue weighted by molar-refractivity contribution is 0.0996. The number of carbonyl (C=O) groups excluding carboxylic acids is 2. The van der Waals surface area contributed by atoms with Crippen molar-refractivity contribution >= 4 is 23.3 Å². The number of hydrogen-bond donors (Lipinski definition) is 2. The van der Waals surface area contributed by atoms with Crippen LogP contribution in [0.1, 0.15) is 29.8 Å². The Morgan fingerprint density at radius 3 is 2.56 bits per heavy atom. The van der Waals surface area contributed by atoms with Gasteiger partial charge < -0.3 is 24.7 Å². The number of nitrogens with zero attached hydrogens (tertiary/aromatic N) is 1. The predicted octanol–water partition coefficient (Wildman–Crippen LogP) is 3.56. The molecule has 3 amide bonds. The van der Waals surface area contributed by atoms with Crippen LogP contribution in [0.25, 0.3) is 0 Å². The van der Waals surface area contributed by atoms with Crippen molar-refractivity contribution in [3.63, 3.8) is 0 Å². The van der Waals surface area contributed by atoms with Crippen LogP contribution < -0.4 is 10.6 Å². The molecule has 0 unspecified atom stereocenters. The average molecular weight is 369 g/mol. The first-order chi connectivity index (χ1) is 13.2. The summed E-state index contributed by atoms with van der Waals surface area (Å²) in [5.41, 5.74) is 1.24. The maximum atomic E-state index is 12.8. The van der Waals surface area contributed by atoms with E-state index in [9.17, 15) is 9.59 Å². The van der Waals surface area contributed by atoms with Gasteiger partial charge in [-0.05, 0) is 49.6 Å². The van der Waals surface area contributed by atoms with Gasteiger partial charge in [0.2, 0.25) is 0 Å². The first-order valence-corrected chi connectivity index (χ1v) is 9.29. The van der Waals surface area contributed by atoms with Crippen molar-refractivity contribution in [2.24, 2.45) is 5.92 Å². The summed E-state index contributed by atoms with van der Waals surface area (Å²) in [7, 11) is 0. The second kappa shape index (κ2) is 7.84. The van der Waals surface area contributed by atoms with Crippen LogP contribution in [-0.4, -0.2) is 42.6 Å². The highest BCUT2D eigenvalue weighted by molar-refractivity contribution is 6.02. The van der Waals surface area contributed by atoms with E-state index in [1.807, 2.05) is 11.0 Å². The van der Waals surface area contributed by atoms with E-state index in [1.165, 1.54) is 6.26 Å². The molecule has 7 heteroatoms. The minimum absolute atomic E-state index is 0.0982. The monoisotopic (exact) mass is 369 g/mol. The summed E-state index contributed by atoms with van der Waals surface area (Å²) in [6.45, 7) is 2.23. The predicted molar refractivity (Wildman–Crippen MR) is 101 cm³/mol. The van der Waals surface area contributed by atoms with Gasteiger partial charge in [0.25, 0.3) is 5.91 Å². The Morgan fingerprint density at radius 2 is 1.89 bits per heavy atom. The van der Waals surface area contributed by atoms with Crippen molar-refractivity contribution in [3.05, 3.63) is 48.4 Å². The molecule has 1 aliphatic heterocycles. The standard InChI is InChI=1S/C20H23N3O4/c24-19(18-5-2-9-27-18)21-15-3-1-4-16(11-15)22-20(25)23(17-6-7-17)12-14-8-10-26-13-14/h1-5,9,11,14,17H,6-8,10,12-13H2,(H,21,24)(H,22,25)/t14-/m1/s1. The lowest BCUT2D eigenvalue weighted by Gasteiger charge is -2.25. The van der Waals surface area contributed by atoms with E-state index in [1.54, 1.807) is 30.3 Å². The topological polar surface area (TPSA) is 83.8 Å². The summed E-state index contributed by atoms with van der Waals surface area (Å²) in [6, 6.07) is 10.6. The van der Waals surface area contributed by atoms with E-state index < -0.39 is 0 Å². The van der Waals surface area contributed by atoms with Crippen molar-refractivity contribution in [1.29, 1.82) is 0 Å². The van der Waals surface area contributed by atoms with Crippen LogP contribution in [0, 0.1) is 5.92 Å². The number of ether oxygens (including phenoxy) is 1. The van der Waals surface area contributed by atoms with E-state index in [0.717, 1.165) is 39.0 Å². The van der Waals surface area contributed by atoms with E-state index in [-0.39, 0.29) is 17.7 Å². The number of hydrogen-bond acceptors (Lipinski definition) is 4. The molecule has 2 heterocycles. The molecule has 1 saturated carbocycles. The van der Waals surface area contributed by atoms with Crippen LogP contribution in [0.5, 0.6) is 0 Å². The second-order valence-electron chi connectivity index (χ2n) is 7.06. The van der Waals surface area contributed by atoms with Crippen molar-refractivity contribution in [1.82, 2.24) is 4.90 Å². The van der Waals surface area contributed by atoms with Crippen molar-refractivity contribution < 1.29 is 18.7 Å². The van der Waals surface area contributed by atoms with E-state index >= 15 is 0 Å². The zero-order valence-corrected chi connectivity index (χ0v) is 15.0. The van der Waals surface area contributed by atoms with Gasteiger partial charge in [0.05, 0.1) is 12.9 Å². The van der Waals surface area contributed by atoms with Gasteiger partial charge in [-0.25, -0.2) is 4.79 Å². The Hall–Kier alpha value is -2.80. The molecular weight excluding hydrogens is 346 g/mol. The molecule has 1 atom stereocenters. The molecule has 4 rings (SSSR count). The van der Waals surface area contributed by atoms with Gasteiger partial charge in [-0.15, -0.1) is 0 Å². The second-order valence-corrected chi connectivity index (χ2v) is 7.06. The molecule has 2 aliphatic rings. The lowest BCUT2D eigenvalue weighted by Crippen LogP contribution is -2.40. The van der Waals surface area contributed by atoms with Gasteiger partial charge in [0.1, 0.15) is 0 Å². The van der Waals surface area contributed by atoms with E-state index in [2.05, 4.69) is 10.6 Å². The molecule has 27 heavy (non-hydrogen) atoms. The molecule has 1 aliphatic carbocycles. The first kappa shape index (κ1) is 17.6. The van der Waals surface area contributed by atoms with Crippen LogP contribution >= 0.6 is 0 Å². The molecule has 2 aromatic rings. The van der Waals surface area contributed by atoms with Gasteiger partial charge in [-0.3, -0.25) is 4.79 Å². The molecule has 0 spiro atoms. The average Bonchev–Trinajstić information content (AvgIpc) is 3.12. The summed E-state index contributed by atoms with van der Waals surface area (Å²) in [5.74, 6) is 0.322. The molecule has 142 valence electrons. The summed E-state index contributed by atoms with van der Waals surface area (Å²) < 4.78 is 10.5. The number of rotatable bonds is 6. The van der Waals surface area contributed by atoms with Crippen LogP contribution in [-0.2, 0) is 4.74 Å².